The number of carbonyl (C=O) groups excluding carboxylic acids is 1. The van der Waals surface area contributed by atoms with Crippen LogP contribution in [0.1, 0.15) is 35.4 Å². The zero-order valence-electron chi connectivity index (χ0n) is 8.90. The molecular weight excluding hydrogens is 208 g/mol. The number of nitrogens with zero attached hydrogens (tertiary/aromatic N) is 1. The average molecular weight is 222 g/mol. The fourth-order valence-corrected chi connectivity index (χ4v) is 1.89. The van der Waals surface area contributed by atoms with E-state index in [1.165, 1.54) is 6.07 Å². The number of nitrogens with one attached hydrogen (secondary N) is 1. The van der Waals surface area contributed by atoms with Crippen molar-refractivity contribution in [1.82, 2.24) is 9.88 Å². The number of aromatic nitrogens is 1. The van der Waals surface area contributed by atoms with Gasteiger partial charge in [0.25, 0.3) is 0 Å². The van der Waals surface area contributed by atoms with Gasteiger partial charge < -0.3 is 15.0 Å². The Bertz CT molecular complexity index is 411. The van der Waals surface area contributed by atoms with E-state index in [2.05, 4.69) is 4.98 Å². The van der Waals surface area contributed by atoms with Crippen molar-refractivity contribution in [3.05, 3.63) is 23.5 Å². The summed E-state index contributed by atoms with van der Waals surface area (Å²) in [5.41, 5.74) is 0.937. The molecule has 5 heteroatoms. The zero-order valence-corrected chi connectivity index (χ0v) is 8.90. The van der Waals surface area contributed by atoms with Gasteiger partial charge in [0, 0.05) is 18.7 Å². The van der Waals surface area contributed by atoms with Crippen molar-refractivity contribution in [2.75, 3.05) is 6.54 Å². The molecule has 0 spiro atoms. The normalized spacial score (nSPS) is 16.5. The molecule has 2 heterocycles. The lowest BCUT2D eigenvalue weighted by Gasteiger charge is -2.26. The fourth-order valence-electron chi connectivity index (χ4n) is 1.89. The van der Waals surface area contributed by atoms with Crippen molar-refractivity contribution >= 4 is 11.9 Å². The second kappa shape index (κ2) is 4.38. The van der Waals surface area contributed by atoms with Gasteiger partial charge >= 0.3 is 5.97 Å². The Hall–Kier alpha value is -1.78. The van der Waals surface area contributed by atoms with E-state index in [-0.39, 0.29) is 11.6 Å². The van der Waals surface area contributed by atoms with E-state index in [0.717, 1.165) is 25.1 Å². The first kappa shape index (κ1) is 10.7. The Morgan fingerprint density at radius 3 is 2.88 bits per heavy atom. The Labute approximate surface area is 93.1 Å². The highest BCUT2D eigenvalue weighted by atomic mass is 16.4. The number of amides is 1. The third kappa shape index (κ3) is 2.24. The first-order chi connectivity index (χ1) is 7.66. The van der Waals surface area contributed by atoms with Crippen molar-refractivity contribution in [1.29, 1.82) is 0 Å². The van der Waals surface area contributed by atoms with Crippen LogP contribution in [0, 0.1) is 0 Å². The highest BCUT2D eigenvalue weighted by Crippen LogP contribution is 2.14. The molecule has 0 bridgehead atoms. The number of carbonyl (C=O) groups is 2. The van der Waals surface area contributed by atoms with Crippen LogP contribution in [-0.4, -0.2) is 33.4 Å². The van der Waals surface area contributed by atoms with Crippen LogP contribution in [-0.2, 0) is 11.3 Å². The van der Waals surface area contributed by atoms with Crippen molar-refractivity contribution < 1.29 is 14.7 Å². The zero-order chi connectivity index (χ0) is 11.5. The molecule has 1 fully saturated rings. The van der Waals surface area contributed by atoms with Crippen molar-refractivity contribution in [2.24, 2.45) is 0 Å². The smallest absolute Gasteiger partial charge is 0.352 e. The minimum Gasteiger partial charge on any atom is -0.477 e. The molecule has 0 aromatic carbocycles. The summed E-state index contributed by atoms with van der Waals surface area (Å²) in [6.45, 7) is 1.24. The van der Waals surface area contributed by atoms with E-state index in [1.807, 2.05) is 0 Å². The summed E-state index contributed by atoms with van der Waals surface area (Å²) in [6.07, 6.45) is 2.59. The van der Waals surface area contributed by atoms with Gasteiger partial charge in [0.15, 0.2) is 0 Å². The first-order valence-corrected chi connectivity index (χ1v) is 5.36. The Morgan fingerprint density at radius 1 is 1.44 bits per heavy atom. The maximum atomic E-state index is 11.5. The van der Waals surface area contributed by atoms with Crippen LogP contribution in [0.2, 0.25) is 0 Å². The Balaban J connectivity index is 2.02. The minimum atomic E-state index is -0.976. The third-order valence-electron chi connectivity index (χ3n) is 2.76. The number of aromatic amines is 1. The predicted molar refractivity (Wildman–Crippen MR) is 57.0 cm³/mol. The maximum Gasteiger partial charge on any atom is 0.352 e. The molecule has 2 N–H and O–H groups in total. The van der Waals surface area contributed by atoms with Crippen LogP contribution in [0.25, 0.3) is 0 Å². The van der Waals surface area contributed by atoms with Crippen LogP contribution in [0.4, 0.5) is 0 Å². The second-order valence-corrected chi connectivity index (χ2v) is 3.97. The molecule has 1 aromatic heterocycles. The monoisotopic (exact) mass is 222 g/mol. The SMILES string of the molecule is O=C(O)c1ccc(CN2CCCCC2=O)[nH]1. The van der Waals surface area contributed by atoms with E-state index in [1.54, 1.807) is 11.0 Å². The average Bonchev–Trinajstić information content (AvgIpc) is 2.70. The number of likely N-dealkylation sites (tertiary alicyclic amines) is 1. The van der Waals surface area contributed by atoms with Crippen LogP contribution >= 0.6 is 0 Å². The highest BCUT2D eigenvalue weighted by molar-refractivity contribution is 5.85. The lowest BCUT2D eigenvalue weighted by Crippen LogP contribution is -2.34. The number of H-pyrrole nitrogens is 1. The van der Waals surface area contributed by atoms with Gasteiger partial charge in [0.2, 0.25) is 5.91 Å². The molecule has 1 saturated heterocycles. The summed E-state index contributed by atoms with van der Waals surface area (Å²) < 4.78 is 0. The minimum absolute atomic E-state index is 0.151. The summed E-state index contributed by atoms with van der Waals surface area (Å²) in [7, 11) is 0. The van der Waals surface area contributed by atoms with Gasteiger partial charge in [0.05, 0.1) is 6.54 Å². The molecule has 0 unspecified atom stereocenters. The van der Waals surface area contributed by atoms with Gasteiger partial charge in [-0.3, -0.25) is 4.79 Å². The summed E-state index contributed by atoms with van der Waals surface area (Å²) in [5, 5.41) is 8.74. The van der Waals surface area contributed by atoms with Crippen LogP contribution < -0.4 is 0 Å². The van der Waals surface area contributed by atoms with Gasteiger partial charge in [-0.1, -0.05) is 0 Å². The van der Waals surface area contributed by atoms with Gasteiger partial charge in [-0.25, -0.2) is 4.79 Å². The first-order valence-electron chi connectivity index (χ1n) is 5.36. The lowest BCUT2D eigenvalue weighted by atomic mass is 10.1. The second-order valence-electron chi connectivity index (χ2n) is 3.97. The maximum absolute atomic E-state index is 11.5. The molecular formula is C11H14N2O3. The van der Waals surface area contributed by atoms with Gasteiger partial charge in [-0.15, -0.1) is 0 Å². The predicted octanol–water partition coefficient (Wildman–Crippen LogP) is 1.23. The number of hydrogen-bond donors (Lipinski definition) is 2. The van der Waals surface area contributed by atoms with Crippen LogP contribution in [0.15, 0.2) is 12.1 Å². The third-order valence-corrected chi connectivity index (χ3v) is 2.76. The van der Waals surface area contributed by atoms with Gasteiger partial charge in [-0.2, -0.15) is 0 Å². The summed E-state index contributed by atoms with van der Waals surface area (Å²) in [4.78, 5) is 26.7. The highest BCUT2D eigenvalue weighted by Gasteiger charge is 2.18. The number of aromatic carboxylic acids is 1. The van der Waals surface area contributed by atoms with E-state index >= 15 is 0 Å². The Kier molecular flexibility index (Phi) is 2.94. The molecule has 86 valence electrons. The summed E-state index contributed by atoms with van der Waals surface area (Å²) in [6, 6.07) is 3.23. The standard InChI is InChI=1S/C11H14N2O3/c14-10-3-1-2-6-13(10)7-8-4-5-9(12-8)11(15)16/h4-5,12H,1-3,6-7H2,(H,15,16). The van der Waals surface area contributed by atoms with E-state index in [4.69, 9.17) is 5.11 Å². The number of carboxylic acid groups (broad SMARTS) is 1. The molecule has 0 atom stereocenters. The van der Waals surface area contributed by atoms with E-state index in [9.17, 15) is 9.59 Å². The lowest BCUT2D eigenvalue weighted by molar-refractivity contribution is -0.133. The molecule has 0 aliphatic carbocycles. The van der Waals surface area contributed by atoms with E-state index < -0.39 is 5.97 Å². The summed E-state index contributed by atoms with van der Waals surface area (Å²) >= 11 is 0. The van der Waals surface area contributed by atoms with Crippen LogP contribution in [0.3, 0.4) is 0 Å². The number of rotatable bonds is 3. The molecule has 1 aromatic rings. The summed E-state index contributed by atoms with van der Waals surface area (Å²) in [5.74, 6) is -0.825. The molecule has 5 nitrogen and oxygen atoms in total. The molecule has 1 aliphatic rings. The molecule has 2 rings (SSSR count). The molecule has 0 saturated carbocycles. The quantitative estimate of drug-likeness (QED) is 0.807. The number of hydrogen-bond acceptors (Lipinski definition) is 2. The number of piperidine rings is 1. The fraction of sp³-hybridized carbons (Fsp3) is 0.455. The molecule has 16 heavy (non-hydrogen) atoms. The van der Waals surface area contributed by atoms with Gasteiger partial charge in [0.1, 0.15) is 5.69 Å². The molecule has 1 aliphatic heterocycles. The largest absolute Gasteiger partial charge is 0.477 e. The van der Waals surface area contributed by atoms with Gasteiger partial charge in [-0.05, 0) is 25.0 Å². The molecule has 1 amide bonds. The molecule has 0 radical (unpaired) electrons. The Morgan fingerprint density at radius 2 is 2.25 bits per heavy atom. The topological polar surface area (TPSA) is 73.4 Å². The van der Waals surface area contributed by atoms with Crippen LogP contribution in [0.5, 0.6) is 0 Å². The van der Waals surface area contributed by atoms with Crippen molar-refractivity contribution in [2.45, 2.75) is 25.8 Å². The van der Waals surface area contributed by atoms with Crippen molar-refractivity contribution in [3.8, 4) is 0 Å². The number of carboxylic acids is 1. The van der Waals surface area contributed by atoms with Crippen molar-refractivity contribution in [3.63, 3.8) is 0 Å². The van der Waals surface area contributed by atoms with E-state index in [0.29, 0.717) is 13.0 Å².